The fraction of sp³-hybridized carbons (Fsp3) is 0.769. The van der Waals surface area contributed by atoms with Crippen molar-refractivity contribution in [3.63, 3.8) is 0 Å². The first-order valence-corrected chi connectivity index (χ1v) is 6.47. The molecule has 1 atom stereocenters. The van der Waals surface area contributed by atoms with Crippen LogP contribution in [0.2, 0.25) is 0 Å². The Morgan fingerprint density at radius 2 is 2.12 bits per heavy atom. The predicted molar refractivity (Wildman–Crippen MR) is 68.3 cm³/mol. The van der Waals surface area contributed by atoms with Crippen LogP contribution in [0.1, 0.15) is 51.5 Å². The lowest BCUT2D eigenvalue weighted by molar-refractivity contribution is 0.434. The van der Waals surface area contributed by atoms with Crippen LogP contribution < -0.4 is 5.32 Å². The number of nitrogens with zero attached hydrogens (tertiary/aromatic N) is 2. The summed E-state index contributed by atoms with van der Waals surface area (Å²) >= 11 is 0. The molecule has 0 aliphatic carbocycles. The average Bonchev–Trinajstić information content (AvgIpc) is 2.68. The Hall–Kier alpha value is -0.830. The van der Waals surface area contributed by atoms with Gasteiger partial charge in [0.2, 0.25) is 0 Å². The summed E-state index contributed by atoms with van der Waals surface area (Å²) in [5.74, 6) is 0. The van der Waals surface area contributed by atoms with Crippen LogP contribution in [-0.4, -0.2) is 15.8 Å². The van der Waals surface area contributed by atoms with E-state index < -0.39 is 0 Å². The molecule has 1 N–H and O–H groups in total. The molecule has 3 heteroatoms. The van der Waals surface area contributed by atoms with Gasteiger partial charge in [0, 0.05) is 31.4 Å². The van der Waals surface area contributed by atoms with Gasteiger partial charge in [-0.05, 0) is 12.8 Å². The van der Waals surface area contributed by atoms with Gasteiger partial charge in [-0.1, -0.05) is 33.1 Å². The van der Waals surface area contributed by atoms with Crippen LogP contribution in [0.3, 0.4) is 0 Å². The van der Waals surface area contributed by atoms with Crippen molar-refractivity contribution in [2.24, 2.45) is 7.05 Å². The van der Waals surface area contributed by atoms with Crippen molar-refractivity contribution in [2.45, 2.75) is 58.5 Å². The molecule has 1 heterocycles. The van der Waals surface area contributed by atoms with E-state index in [1.165, 1.54) is 37.7 Å². The fourth-order valence-corrected chi connectivity index (χ4v) is 1.97. The highest BCUT2D eigenvalue weighted by molar-refractivity contribution is 5.03. The lowest BCUT2D eigenvalue weighted by Gasteiger charge is -2.17. The zero-order valence-corrected chi connectivity index (χ0v) is 10.9. The number of aromatic nitrogens is 2. The van der Waals surface area contributed by atoms with Crippen molar-refractivity contribution in [1.82, 2.24) is 15.1 Å². The molecule has 0 saturated carbocycles. The van der Waals surface area contributed by atoms with E-state index in [2.05, 4.69) is 30.5 Å². The van der Waals surface area contributed by atoms with Gasteiger partial charge in [0.05, 0.1) is 6.20 Å². The summed E-state index contributed by atoms with van der Waals surface area (Å²) in [5, 5.41) is 7.81. The van der Waals surface area contributed by atoms with Crippen LogP contribution in [0.25, 0.3) is 0 Å². The van der Waals surface area contributed by atoms with Crippen molar-refractivity contribution in [2.75, 3.05) is 0 Å². The largest absolute Gasteiger partial charge is 0.310 e. The molecular weight excluding hydrogens is 198 g/mol. The van der Waals surface area contributed by atoms with E-state index in [1.807, 2.05) is 17.9 Å². The standard InChI is InChI=1S/C13H25N3/c1-4-6-8-13(7-5-2)14-9-12-10-15-16(3)11-12/h10-11,13-14H,4-9H2,1-3H3. The Bertz CT molecular complexity index is 280. The lowest BCUT2D eigenvalue weighted by Crippen LogP contribution is -2.28. The molecule has 0 aromatic carbocycles. The number of rotatable bonds is 8. The molecule has 0 amide bonds. The van der Waals surface area contributed by atoms with E-state index in [4.69, 9.17) is 0 Å². The molecule has 0 fully saturated rings. The van der Waals surface area contributed by atoms with Gasteiger partial charge in [0.15, 0.2) is 0 Å². The van der Waals surface area contributed by atoms with E-state index in [0.717, 1.165) is 6.54 Å². The van der Waals surface area contributed by atoms with Crippen molar-refractivity contribution < 1.29 is 0 Å². The summed E-state index contributed by atoms with van der Waals surface area (Å²) in [6.45, 7) is 5.46. The predicted octanol–water partition coefficient (Wildman–Crippen LogP) is 2.87. The normalized spacial score (nSPS) is 12.9. The molecule has 1 aromatic heterocycles. The Labute approximate surface area is 99.2 Å². The molecule has 1 aromatic rings. The first kappa shape index (κ1) is 13.2. The SMILES string of the molecule is CCCCC(CCC)NCc1cnn(C)c1. The van der Waals surface area contributed by atoms with Gasteiger partial charge in [-0.3, -0.25) is 4.68 Å². The van der Waals surface area contributed by atoms with Gasteiger partial charge < -0.3 is 5.32 Å². The minimum atomic E-state index is 0.671. The summed E-state index contributed by atoms with van der Waals surface area (Å²) in [6, 6.07) is 0.671. The van der Waals surface area contributed by atoms with Gasteiger partial charge in [0.1, 0.15) is 0 Å². The maximum atomic E-state index is 4.18. The molecular formula is C13H25N3. The molecule has 0 bridgehead atoms. The molecule has 1 unspecified atom stereocenters. The quantitative estimate of drug-likeness (QED) is 0.734. The number of aryl methyl sites for hydroxylation is 1. The number of hydrogen-bond acceptors (Lipinski definition) is 2. The first-order chi connectivity index (χ1) is 7.76. The molecule has 0 aliphatic rings. The molecule has 0 spiro atoms. The van der Waals surface area contributed by atoms with Crippen LogP contribution in [0.5, 0.6) is 0 Å². The lowest BCUT2D eigenvalue weighted by atomic mass is 10.1. The monoisotopic (exact) mass is 223 g/mol. The highest BCUT2D eigenvalue weighted by Gasteiger charge is 2.06. The third-order valence-electron chi connectivity index (χ3n) is 2.90. The van der Waals surface area contributed by atoms with Crippen molar-refractivity contribution >= 4 is 0 Å². The Balaban J connectivity index is 2.30. The highest BCUT2D eigenvalue weighted by atomic mass is 15.2. The Morgan fingerprint density at radius 3 is 2.69 bits per heavy atom. The second-order valence-corrected chi connectivity index (χ2v) is 4.53. The second-order valence-electron chi connectivity index (χ2n) is 4.53. The van der Waals surface area contributed by atoms with Crippen LogP contribution in [-0.2, 0) is 13.6 Å². The van der Waals surface area contributed by atoms with Gasteiger partial charge in [-0.25, -0.2) is 0 Å². The fourth-order valence-electron chi connectivity index (χ4n) is 1.97. The third-order valence-corrected chi connectivity index (χ3v) is 2.90. The average molecular weight is 223 g/mol. The van der Waals surface area contributed by atoms with Gasteiger partial charge in [-0.2, -0.15) is 5.10 Å². The molecule has 0 saturated heterocycles. The third kappa shape index (κ3) is 4.79. The molecule has 0 radical (unpaired) electrons. The maximum absolute atomic E-state index is 4.18. The minimum absolute atomic E-state index is 0.671. The number of hydrogen-bond donors (Lipinski definition) is 1. The van der Waals surface area contributed by atoms with Gasteiger partial charge in [0.25, 0.3) is 0 Å². The first-order valence-electron chi connectivity index (χ1n) is 6.47. The Morgan fingerprint density at radius 1 is 1.31 bits per heavy atom. The summed E-state index contributed by atoms with van der Waals surface area (Å²) in [7, 11) is 1.96. The van der Waals surface area contributed by atoms with Crippen LogP contribution in [0.4, 0.5) is 0 Å². The van der Waals surface area contributed by atoms with Crippen LogP contribution in [0.15, 0.2) is 12.4 Å². The number of nitrogens with one attached hydrogen (secondary N) is 1. The van der Waals surface area contributed by atoms with Crippen molar-refractivity contribution in [3.8, 4) is 0 Å². The van der Waals surface area contributed by atoms with E-state index in [0.29, 0.717) is 6.04 Å². The highest BCUT2D eigenvalue weighted by Crippen LogP contribution is 2.08. The molecule has 92 valence electrons. The Kier molecular flexibility index (Phi) is 6.16. The van der Waals surface area contributed by atoms with Crippen molar-refractivity contribution in [3.05, 3.63) is 18.0 Å². The molecule has 16 heavy (non-hydrogen) atoms. The van der Waals surface area contributed by atoms with Crippen LogP contribution in [0, 0.1) is 0 Å². The second kappa shape index (κ2) is 7.44. The van der Waals surface area contributed by atoms with Crippen molar-refractivity contribution in [1.29, 1.82) is 0 Å². The minimum Gasteiger partial charge on any atom is -0.310 e. The van der Waals surface area contributed by atoms with Gasteiger partial charge in [-0.15, -0.1) is 0 Å². The van der Waals surface area contributed by atoms with E-state index in [-0.39, 0.29) is 0 Å². The van der Waals surface area contributed by atoms with Gasteiger partial charge >= 0.3 is 0 Å². The zero-order chi connectivity index (χ0) is 11.8. The number of unbranched alkanes of at least 4 members (excludes halogenated alkanes) is 1. The zero-order valence-electron chi connectivity index (χ0n) is 10.9. The molecule has 0 aliphatic heterocycles. The van der Waals surface area contributed by atoms with Crippen LogP contribution >= 0.6 is 0 Å². The topological polar surface area (TPSA) is 29.9 Å². The van der Waals surface area contributed by atoms with E-state index in [9.17, 15) is 0 Å². The summed E-state index contributed by atoms with van der Waals surface area (Å²) in [5.41, 5.74) is 1.28. The summed E-state index contributed by atoms with van der Waals surface area (Å²) in [4.78, 5) is 0. The van der Waals surface area contributed by atoms with E-state index >= 15 is 0 Å². The summed E-state index contributed by atoms with van der Waals surface area (Å²) < 4.78 is 1.86. The maximum Gasteiger partial charge on any atom is 0.0534 e. The van der Waals surface area contributed by atoms with E-state index in [1.54, 1.807) is 0 Å². The molecule has 1 rings (SSSR count). The smallest absolute Gasteiger partial charge is 0.0534 e. The molecule has 3 nitrogen and oxygen atoms in total. The summed E-state index contributed by atoms with van der Waals surface area (Å²) in [6.07, 6.45) is 10.5.